The summed E-state index contributed by atoms with van der Waals surface area (Å²) in [6, 6.07) is 16.7. The van der Waals surface area contributed by atoms with Gasteiger partial charge >= 0.3 is 5.97 Å². The average Bonchev–Trinajstić information content (AvgIpc) is 3.27. The molecule has 34 heavy (non-hydrogen) atoms. The van der Waals surface area contributed by atoms with Crippen LogP contribution in [0, 0.1) is 6.92 Å². The fourth-order valence-corrected chi connectivity index (χ4v) is 3.19. The Morgan fingerprint density at radius 2 is 1.71 bits per heavy atom. The molecular weight excluding hydrogens is 436 g/mol. The molecule has 0 aliphatic rings. The standard InChI is InChI=1S/C26H24N2O6/c1-16-7-9-21(10-8-16)27-24(30)15-28(18(3)29)25(31)17(2)13-22-11-12-23(34-22)19-5-4-6-20(14-19)26(32)33/h4-14H,15H2,1-3H3,(H,27,30)(H,32,33)/b17-13-. The van der Waals surface area contributed by atoms with Gasteiger partial charge in [0, 0.05) is 23.7 Å². The van der Waals surface area contributed by atoms with Crippen molar-refractivity contribution in [2.75, 3.05) is 11.9 Å². The Hall–Kier alpha value is -4.46. The Kier molecular flexibility index (Phi) is 7.43. The number of carbonyl (C=O) groups excluding carboxylic acids is 3. The first-order valence-electron chi connectivity index (χ1n) is 10.4. The van der Waals surface area contributed by atoms with E-state index in [4.69, 9.17) is 9.52 Å². The molecule has 0 aliphatic heterocycles. The summed E-state index contributed by atoms with van der Waals surface area (Å²) < 4.78 is 5.73. The van der Waals surface area contributed by atoms with Crippen molar-refractivity contribution in [3.8, 4) is 11.3 Å². The summed E-state index contributed by atoms with van der Waals surface area (Å²) in [5.74, 6) is -1.98. The molecule has 0 saturated heterocycles. The third-order valence-corrected chi connectivity index (χ3v) is 4.98. The van der Waals surface area contributed by atoms with E-state index in [0.29, 0.717) is 22.8 Å². The monoisotopic (exact) mass is 460 g/mol. The molecule has 0 saturated carbocycles. The van der Waals surface area contributed by atoms with E-state index in [9.17, 15) is 19.2 Å². The molecule has 3 aromatic rings. The van der Waals surface area contributed by atoms with Gasteiger partial charge in [0.2, 0.25) is 11.8 Å². The fraction of sp³-hybridized carbons (Fsp3) is 0.154. The fourth-order valence-electron chi connectivity index (χ4n) is 3.19. The Morgan fingerprint density at radius 3 is 2.35 bits per heavy atom. The van der Waals surface area contributed by atoms with Gasteiger partial charge < -0.3 is 14.8 Å². The molecule has 0 aliphatic carbocycles. The summed E-state index contributed by atoms with van der Waals surface area (Å²) in [6.07, 6.45) is 1.46. The maximum absolute atomic E-state index is 12.9. The van der Waals surface area contributed by atoms with Crippen LogP contribution >= 0.6 is 0 Å². The zero-order valence-electron chi connectivity index (χ0n) is 19.0. The minimum Gasteiger partial charge on any atom is -0.478 e. The van der Waals surface area contributed by atoms with Gasteiger partial charge in [-0.3, -0.25) is 19.3 Å². The quantitative estimate of drug-likeness (QED) is 0.506. The lowest BCUT2D eigenvalue weighted by Crippen LogP contribution is -2.41. The Labute approximate surface area is 196 Å². The van der Waals surface area contributed by atoms with E-state index >= 15 is 0 Å². The summed E-state index contributed by atoms with van der Waals surface area (Å²) in [5, 5.41) is 11.8. The number of carboxylic acid groups (broad SMARTS) is 1. The highest BCUT2D eigenvalue weighted by molar-refractivity contribution is 6.08. The van der Waals surface area contributed by atoms with E-state index in [-0.39, 0.29) is 11.1 Å². The number of anilines is 1. The van der Waals surface area contributed by atoms with Crippen LogP contribution in [0.5, 0.6) is 0 Å². The van der Waals surface area contributed by atoms with Crippen molar-refractivity contribution in [2.45, 2.75) is 20.8 Å². The van der Waals surface area contributed by atoms with E-state index in [0.717, 1.165) is 10.5 Å². The lowest BCUT2D eigenvalue weighted by Gasteiger charge is -2.19. The molecule has 3 amide bonds. The summed E-state index contributed by atoms with van der Waals surface area (Å²) in [7, 11) is 0. The molecule has 0 atom stereocenters. The molecule has 1 aromatic heterocycles. The lowest BCUT2D eigenvalue weighted by atomic mass is 10.1. The highest BCUT2D eigenvalue weighted by atomic mass is 16.4. The minimum atomic E-state index is -1.05. The van der Waals surface area contributed by atoms with E-state index in [1.165, 1.54) is 32.1 Å². The van der Waals surface area contributed by atoms with Crippen LogP contribution in [0.1, 0.15) is 35.5 Å². The molecule has 0 bridgehead atoms. The molecule has 0 radical (unpaired) electrons. The number of hydrogen-bond acceptors (Lipinski definition) is 5. The van der Waals surface area contributed by atoms with Crippen molar-refractivity contribution in [1.29, 1.82) is 0 Å². The van der Waals surface area contributed by atoms with Gasteiger partial charge in [0.25, 0.3) is 5.91 Å². The van der Waals surface area contributed by atoms with Crippen LogP contribution < -0.4 is 5.32 Å². The first-order valence-corrected chi connectivity index (χ1v) is 10.4. The number of benzene rings is 2. The molecule has 3 rings (SSSR count). The number of nitrogens with one attached hydrogen (secondary N) is 1. The predicted octanol–water partition coefficient (Wildman–Crippen LogP) is 4.37. The number of aryl methyl sites for hydroxylation is 1. The summed E-state index contributed by atoms with van der Waals surface area (Å²) in [4.78, 5) is 49.4. The van der Waals surface area contributed by atoms with Gasteiger partial charge in [-0.1, -0.05) is 29.8 Å². The summed E-state index contributed by atoms with van der Waals surface area (Å²) in [6.45, 7) is 4.22. The van der Waals surface area contributed by atoms with Crippen LogP contribution in [-0.4, -0.2) is 40.2 Å². The van der Waals surface area contributed by atoms with Crippen LogP contribution in [0.3, 0.4) is 0 Å². The molecule has 2 aromatic carbocycles. The van der Waals surface area contributed by atoms with Crippen molar-refractivity contribution in [2.24, 2.45) is 0 Å². The highest BCUT2D eigenvalue weighted by Gasteiger charge is 2.23. The summed E-state index contributed by atoms with van der Waals surface area (Å²) >= 11 is 0. The largest absolute Gasteiger partial charge is 0.478 e. The van der Waals surface area contributed by atoms with Crippen LogP contribution in [0.25, 0.3) is 17.4 Å². The molecule has 0 spiro atoms. The molecular formula is C26H24N2O6. The van der Waals surface area contributed by atoms with Crippen molar-refractivity contribution >= 4 is 35.5 Å². The Bertz CT molecular complexity index is 1270. The molecule has 0 unspecified atom stereocenters. The SMILES string of the molecule is CC(=O)N(CC(=O)Nc1ccc(C)cc1)C(=O)/C(C)=C\c1ccc(-c2cccc(C(=O)O)c2)o1. The zero-order chi connectivity index (χ0) is 24.8. The average molecular weight is 460 g/mol. The molecule has 8 heteroatoms. The van der Waals surface area contributed by atoms with Crippen molar-refractivity contribution in [1.82, 2.24) is 4.90 Å². The molecule has 174 valence electrons. The van der Waals surface area contributed by atoms with Crippen LogP contribution in [-0.2, 0) is 14.4 Å². The van der Waals surface area contributed by atoms with Crippen molar-refractivity contribution in [3.63, 3.8) is 0 Å². The van der Waals surface area contributed by atoms with Gasteiger partial charge in [-0.25, -0.2) is 4.79 Å². The van der Waals surface area contributed by atoms with Crippen LogP contribution in [0.2, 0.25) is 0 Å². The normalized spacial score (nSPS) is 11.1. The highest BCUT2D eigenvalue weighted by Crippen LogP contribution is 2.24. The number of furan rings is 1. The second-order valence-corrected chi connectivity index (χ2v) is 7.74. The first kappa shape index (κ1) is 24.2. The number of rotatable bonds is 7. The number of hydrogen-bond donors (Lipinski definition) is 2. The van der Waals surface area contributed by atoms with Gasteiger partial charge in [-0.2, -0.15) is 0 Å². The van der Waals surface area contributed by atoms with Crippen LogP contribution in [0.4, 0.5) is 5.69 Å². The van der Waals surface area contributed by atoms with Crippen molar-refractivity contribution < 1.29 is 28.7 Å². The topological polar surface area (TPSA) is 117 Å². The molecule has 0 fully saturated rings. The minimum absolute atomic E-state index is 0.123. The third-order valence-electron chi connectivity index (χ3n) is 4.98. The second kappa shape index (κ2) is 10.4. The summed E-state index contributed by atoms with van der Waals surface area (Å²) in [5.41, 5.74) is 2.49. The number of carboxylic acids is 1. The molecule has 2 N–H and O–H groups in total. The maximum Gasteiger partial charge on any atom is 0.335 e. The molecule has 1 heterocycles. The number of amides is 3. The van der Waals surface area contributed by atoms with Gasteiger partial charge in [-0.15, -0.1) is 0 Å². The smallest absolute Gasteiger partial charge is 0.335 e. The lowest BCUT2D eigenvalue weighted by molar-refractivity contribution is -0.143. The van der Waals surface area contributed by atoms with E-state index < -0.39 is 30.2 Å². The second-order valence-electron chi connectivity index (χ2n) is 7.74. The first-order chi connectivity index (χ1) is 16.1. The van der Waals surface area contributed by atoms with Gasteiger partial charge in [0.05, 0.1) is 5.56 Å². The van der Waals surface area contributed by atoms with E-state index in [1.54, 1.807) is 36.4 Å². The number of aromatic carboxylic acids is 1. The number of imide groups is 1. The maximum atomic E-state index is 12.9. The van der Waals surface area contributed by atoms with E-state index in [1.807, 2.05) is 19.1 Å². The number of carbonyl (C=O) groups is 4. The third kappa shape index (κ3) is 6.07. The van der Waals surface area contributed by atoms with Gasteiger partial charge in [-0.05, 0) is 56.3 Å². The van der Waals surface area contributed by atoms with Crippen molar-refractivity contribution in [3.05, 3.63) is 83.1 Å². The van der Waals surface area contributed by atoms with Gasteiger partial charge in [0.15, 0.2) is 0 Å². The van der Waals surface area contributed by atoms with E-state index in [2.05, 4.69) is 5.32 Å². The number of nitrogens with zero attached hydrogens (tertiary/aromatic N) is 1. The zero-order valence-corrected chi connectivity index (χ0v) is 19.0. The van der Waals surface area contributed by atoms with Crippen LogP contribution in [0.15, 0.2) is 70.7 Å². The Balaban J connectivity index is 1.73. The molecule has 8 nitrogen and oxygen atoms in total. The predicted molar refractivity (Wildman–Crippen MR) is 127 cm³/mol. The Morgan fingerprint density at radius 1 is 1.00 bits per heavy atom. The van der Waals surface area contributed by atoms with Gasteiger partial charge in [0.1, 0.15) is 18.1 Å².